The Morgan fingerprint density at radius 1 is 1.25 bits per heavy atom. The zero-order valence-corrected chi connectivity index (χ0v) is 16.0. The molecule has 1 aromatic heterocycles. The molecule has 2 N–H and O–H groups in total. The van der Waals surface area contributed by atoms with Gasteiger partial charge in [0.1, 0.15) is 11.7 Å². The van der Waals surface area contributed by atoms with E-state index in [1.54, 1.807) is 30.3 Å². The molecule has 1 heterocycles. The summed E-state index contributed by atoms with van der Waals surface area (Å²) in [7, 11) is 1.51. The Bertz CT molecular complexity index is 1140. The monoisotopic (exact) mass is 375 g/mol. The molecule has 0 fully saturated rings. The van der Waals surface area contributed by atoms with Gasteiger partial charge in [-0.2, -0.15) is 5.26 Å². The van der Waals surface area contributed by atoms with E-state index in [1.165, 1.54) is 7.11 Å². The molecule has 6 nitrogen and oxygen atoms in total. The Morgan fingerprint density at radius 3 is 2.71 bits per heavy atom. The van der Waals surface area contributed by atoms with Crippen molar-refractivity contribution in [2.45, 2.75) is 20.3 Å². The van der Waals surface area contributed by atoms with Crippen molar-refractivity contribution < 1.29 is 9.53 Å². The van der Waals surface area contributed by atoms with E-state index in [2.05, 4.69) is 10.3 Å². The van der Waals surface area contributed by atoms with Crippen molar-refractivity contribution >= 4 is 22.5 Å². The normalized spacial score (nSPS) is 11.6. The van der Waals surface area contributed by atoms with Crippen molar-refractivity contribution in [3.05, 3.63) is 69.5 Å². The van der Waals surface area contributed by atoms with E-state index in [-0.39, 0.29) is 12.0 Å². The molecular formula is C22H21N3O3. The minimum atomic E-state index is -1.01. The standard InChI is InChI=1S/C22H21N3O3/c1-13-8-14(2)17-11-15(21(26)25-19(17)9-13)10-16(12-23)22(27)24-18-6-4-5-7-20(18)28-3/h4-9,11,16H,10H2,1-3H3,(H,24,27)(H,25,26)/t16-/m0/s1. The molecule has 3 aromatic rings. The van der Waals surface area contributed by atoms with Gasteiger partial charge in [0, 0.05) is 22.9 Å². The molecule has 3 rings (SSSR count). The first-order valence-corrected chi connectivity index (χ1v) is 8.89. The number of aromatic amines is 1. The van der Waals surface area contributed by atoms with Crippen molar-refractivity contribution in [3.63, 3.8) is 0 Å². The van der Waals surface area contributed by atoms with Crippen molar-refractivity contribution in [1.82, 2.24) is 4.98 Å². The van der Waals surface area contributed by atoms with Crippen LogP contribution >= 0.6 is 0 Å². The zero-order chi connectivity index (χ0) is 20.3. The Morgan fingerprint density at radius 2 is 2.00 bits per heavy atom. The van der Waals surface area contributed by atoms with Gasteiger partial charge in [-0.3, -0.25) is 9.59 Å². The maximum Gasteiger partial charge on any atom is 0.251 e. The lowest BCUT2D eigenvalue weighted by Crippen LogP contribution is -2.26. The van der Waals surface area contributed by atoms with Gasteiger partial charge in [-0.15, -0.1) is 0 Å². The summed E-state index contributed by atoms with van der Waals surface area (Å²) in [6.45, 7) is 3.93. The van der Waals surface area contributed by atoms with E-state index >= 15 is 0 Å². The highest BCUT2D eigenvalue weighted by Crippen LogP contribution is 2.24. The highest BCUT2D eigenvalue weighted by Gasteiger charge is 2.21. The number of carbonyl (C=O) groups is 1. The minimum absolute atomic E-state index is 0.0239. The summed E-state index contributed by atoms with van der Waals surface area (Å²) in [4.78, 5) is 27.9. The van der Waals surface area contributed by atoms with Crippen LogP contribution in [0.4, 0.5) is 5.69 Å². The summed E-state index contributed by atoms with van der Waals surface area (Å²) in [6.07, 6.45) is 0.0239. The SMILES string of the molecule is COc1ccccc1NC(=O)[C@H](C#N)Cc1cc2c(C)cc(C)cc2[nH]c1=O. The van der Waals surface area contributed by atoms with Crippen LogP contribution in [0.25, 0.3) is 10.9 Å². The quantitative estimate of drug-likeness (QED) is 0.714. The Balaban J connectivity index is 1.88. The van der Waals surface area contributed by atoms with Gasteiger partial charge in [0.25, 0.3) is 5.56 Å². The second-order valence-electron chi connectivity index (χ2n) is 6.74. The van der Waals surface area contributed by atoms with Crippen LogP contribution in [0.3, 0.4) is 0 Å². The summed E-state index contributed by atoms with van der Waals surface area (Å²) < 4.78 is 5.22. The maximum absolute atomic E-state index is 12.6. The number of pyridine rings is 1. The number of amides is 1. The first kappa shape index (κ1) is 19.2. The minimum Gasteiger partial charge on any atom is -0.495 e. The molecule has 0 aliphatic carbocycles. The number of para-hydroxylation sites is 2. The molecule has 6 heteroatoms. The van der Waals surface area contributed by atoms with E-state index in [0.29, 0.717) is 17.0 Å². The van der Waals surface area contributed by atoms with Crippen molar-refractivity contribution in [2.75, 3.05) is 12.4 Å². The molecule has 0 saturated carbocycles. The third kappa shape index (κ3) is 3.89. The average Bonchev–Trinajstić information content (AvgIpc) is 2.66. The summed E-state index contributed by atoms with van der Waals surface area (Å²) in [6, 6.07) is 14.7. The van der Waals surface area contributed by atoms with Crippen LogP contribution in [0.2, 0.25) is 0 Å². The van der Waals surface area contributed by atoms with Crippen molar-refractivity contribution in [3.8, 4) is 11.8 Å². The fourth-order valence-electron chi connectivity index (χ4n) is 3.25. The number of carbonyl (C=O) groups excluding carboxylic acids is 1. The first-order valence-electron chi connectivity index (χ1n) is 8.89. The van der Waals surface area contributed by atoms with Gasteiger partial charge in [0.05, 0.1) is 18.9 Å². The van der Waals surface area contributed by atoms with Gasteiger partial charge >= 0.3 is 0 Å². The number of nitrogens with zero attached hydrogens (tertiary/aromatic N) is 1. The summed E-state index contributed by atoms with van der Waals surface area (Å²) in [5, 5.41) is 13.1. The van der Waals surface area contributed by atoms with Crippen LogP contribution in [-0.2, 0) is 11.2 Å². The lowest BCUT2D eigenvalue weighted by Gasteiger charge is -2.13. The number of nitriles is 1. The second-order valence-corrected chi connectivity index (χ2v) is 6.74. The predicted octanol–water partition coefficient (Wildman–Crippen LogP) is 3.47. The topological polar surface area (TPSA) is 95.0 Å². The number of benzene rings is 2. The van der Waals surface area contributed by atoms with Crippen LogP contribution in [0.15, 0.2) is 47.3 Å². The van der Waals surface area contributed by atoms with Crippen LogP contribution in [0.5, 0.6) is 5.75 Å². The highest BCUT2D eigenvalue weighted by molar-refractivity contribution is 5.95. The summed E-state index contributed by atoms with van der Waals surface area (Å²) in [5.41, 5.74) is 3.43. The van der Waals surface area contributed by atoms with E-state index in [1.807, 2.05) is 32.0 Å². The molecule has 1 amide bonds. The number of H-pyrrole nitrogens is 1. The zero-order valence-electron chi connectivity index (χ0n) is 16.0. The van der Waals surface area contributed by atoms with Crippen LogP contribution in [-0.4, -0.2) is 18.0 Å². The van der Waals surface area contributed by atoms with Gasteiger partial charge in [-0.1, -0.05) is 18.2 Å². The van der Waals surface area contributed by atoms with Gasteiger partial charge in [0.2, 0.25) is 5.91 Å². The number of aryl methyl sites for hydroxylation is 2. The maximum atomic E-state index is 12.6. The van der Waals surface area contributed by atoms with E-state index in [0.717, 1.165) is 22.0 Å². The predicted molar refractivity (Wildman–Crippen MR) is 108 cm³/mol. The third-order valence-electron chi connectivity index (χ3n) is 4.65. The number of hydrogen-bond acceptors (Lipinski definition) is 4. The lowest BCUT2D eigenvalue weighted by molar-refractivity contribution is -0.118. The fraction of sp³-hybridized carbons (Fsp3) is 0.227. The molecule has 1 atom stereocenters. The number of fused-ring (bicyclic) bond motifs is 1. The average molecular weight is 375 g/mol. The molecule has 0 aliphatic rings. The van der Waals surface area contributed by atoms with E-state index in [4.69, 9.17) is 4.74 Å². The van der Waals surface area contributed by atoms with Crippen LogP contribution in [0.1, 0.15) is 16.7 Å². The van der Waals surface area contributed by atoms with Gasteiger partial charge in [-0.05, 0) is 49.2 Å². The third-order valence-corrected chi connectivity index (χ3v) is 4.65. The largest absolute Gasteiger partial charge is 0.495 e. The number of hydrogen-bond donors (Lipinski definition) is 2. The molecule has 0 bridgehead atoms. The molecule has 28 heavy (non-hydrogen) atoms. The molecule has 0 saturated heterocycles. The van der Waals surface area contributed by atoms with E-state index < -0.39 is 11.8 Å². The Kier molecular flexibility index (Phi) is 5.46. The van der Waals surface area contributed by atoms with Gasteiger partial charge in [-0.25, -0.2) is 0 Å². The molecule has 0 spiro atoms. The fourth-order valence-corrected chi connectivity index (χ4v) is 3.25. The number of rotatable bonds is 5. The molecule has 0 unspecified atom stereocenters. The van der Waals surface area contributed by atoms with Crippen LogP contribution < -0.4 is 15.6 Å². The molecule has 0 aliphatic heterocycles. The number of aromatic nitrogens is 1. The van der Waals surface area contributed by atoms with Crippen LogP contribution in [0, 0.1) is 31.1 Å². The van der Waals surface area contributed by atoms with Gasteiger partial charge in [0.15, 0.2) is 0 Å². The molecular weight excluding hydrogens is 354 g/mol. The number of nitrogens with one attached hydrogen (secondary N) is 2. The molecule has 0 radical (unpaired) electrons. The number of anilines is 1. The number of methoxy groups -OCH3 is 1. The van der Waals surface area contributed by atoms with E-state index in [9.17, 15) is 14.9 Å². The molecule has 2 aromatic carbocycles. The van der Waals surface area contributed by atoms with Gasteiger partial charge < -0.3 is 15.0 Å². The Labute approximate surface area is 162 Å². The second kappa shape index (κ2) is 7.97. The lowest BCUT2D eigenvalue weighted by atomic mass is 9.97. The highest BCUT2D eigenvalue weighted by atomic mass is 16.5. The Hall–Kier alpha value is -3.59. The number of ether oxygens (including phenoxy) is 1. The molecule has 142 valence electrons. The summed E-state index contributed by atoms with van der Waals surface area (Å²) >= 11 is 0. The summed E-state index contributed by atoms with van der Waals surface area (Å²) in [5.74, 6) is -0.983. The smallest absolute Gasteiger partial charge is 0.251 e. The van der Waals surface area contributed by atoms with Crippen molar-refractivity contribution in [2.24, 2.45) is 5.92 Å². The van der Waals surface area contributed by atoms with Crippen molar-refractivity contribution in [1.29, 1.82) is 5.26 Å². The first-order chi connectivity index (χ1) is 13.4.